The van der Waals surface area contributed by atoms with Crippen LogP contribution in [0.2, 0.25) is 0 Å². The zero-order valence-electron chi connectivity index (χ0n) is 20.6. The quantitative estimate of drug-likeness (QED) is 0.303. The van der Waals surface area contributed by atoms with Crippen LogP contribution in [0.1, 0.15) is 50.6 Å². The Morgan fingerprint density at radius 3 is 2.51 bits per heavy atom. The molecule has 2 heterocycles. The summed E-state index contributed by atoms with van der Waals surface area (Å²) in [6.07, 6.45) is 8.26. The van der Waals surface area contributed by atoms with Crippen molar-refractivity contribution in [2.75, 3.05) is 5.32 Å². The van der Waals surface area contributed by atoms with Gasteiger partial charge in [0.15, 0.2) is 0 Å². The molecule has 2 aromatic heterocycles. The van der Waals surface area contributed by atoms with E-state index < -0.39 is 6.09 Å². The van der Waals surface area contributed by atoms with Crippen LogP contribution in [0.25, 0.3) is 22.2 Å². The van der Waals surface area contributed by atoms with Gasteiger partial charge in [0.05, 0.1) is 16.8 Å². The van der Waals surface area contributed by atoms with Gasteiger partial charge in [-0.3, -0.25) is 5.32 Å². The fourth-order valence-corrected chi connectivity index (χ4v) is 4.91. The number of benzene rings is 2. The normalized spacial score (nSPS) is 16.0. The van der Waals surface area contributed by atoms with Crippen molar-refractivity contribution < 1.29 is 14.3 Å². The molecule has 1 N–H and O–H groups in total. The van der Waals surface area contributed by atoms with Crippen LogP contribution in [0.5, 0.6) is 11.8 Å². The van der Waals surface area contributed by atoms with Gasteiger partial charge in [-0.25, -0.2) is 14.8 Å². The topological polar surface area (TPSA) is 102 Å². The Bertz CT molecular complexity index is 1480. The number of fused-ring (bicyclic) bond motifs is 1. The lowest BCUT2D eigenvalue weighted by molar-refractivity contribution is 0.108. The fraction of sp³-hybridized carbons (Fsp3) is 0.310. The van der Waals surface area contributed by atoms with E-state index in [9.17, 15) is 10.1 Å². The molecule has 0 saturated heterocycles. The second-order valence-electron chi connectivity index (χ2n) is 9.75. The van der Waals surface area contributed by atoms with Crippen LogP contribution in [0, 0.1) is 17.2 Å². The van der Waals surface area contributed by atoms with E-state index in [0.29, 0.717) is 29.0 Å². The number of rotatable bonds is 7. The molecule has 0 aliphatic heterocycles. The molecule has 0 bridgehead atoms. The molecule has 2 saturated carbocycles. The van der Waals surface area contributed by atoms with Crippen molar-refractivity contribution in [2.45, 2.75) is 51.2 Å². The number of carbonyl (C=O) groups is 1. The van der Waals surface area contributed by atoms with Crippen LogP contribution >= 0.6 is 0 Å². The minimum absolute atomic E-state index is 0.0713. The minimum atomic E-state index is -0.441. The monoisotopic (exact) mass is 493 g/mol. The maximum atomic E-state index is 12.3. The lowest BCUT2D eigenvalue weighted by Crippen LogP contribution is -2.21. The summed E-state index contributed by atoms with van der Waals surface area (Å²) < 4.78 is 13.6. The Balaban J connectivity index is 1.33. The zero-order chi connectivity index (χ0) is 25.4. The third-order valence-corrected chi connectivity index (χ3v) is 7.26. The lowest BCUT2D eigenvalue weighted by Gasteiger charge is -2.30. The highest BCUT2D eigenvalue weighted by atomic mass is 16.6. The smallest absolute Gasteiger partial charge is 0.411 e. The van der Waals surface area contributed by atoms with Crippen molar-refractivity contribution >= 4 is 22.7 Å². The van der Waals surface area contributed by atoms with E-state index in [1.54, 1.807) is 18.5 Å². The number of nitrogens with one attached hydrogen (secondary N) is 1. The van der Waals surface area contributed by atoms with Crippen molar-refractivity contribution in [1.82, 2.24) is 14.5 Å². The van der Waals surface area contributed by atoms with Crippen LogP contribution in [-0.4, -0.2) is 26.7 Å². The van der Waals surface area contributed by atoms with Gasteiger partial charge in [0.25, 0.3) is 0 Å². The Labute approximate surface area is 214 Å². The highest BCUT2D eigenvalue weighted by Gasteiger charge is 2.31. The summed E-state index contributed by atoms with van der Waals surface area (Å²) in [5.41, 5.74) is 4.03. The standard InChI is InChI=1S/C29H27N5O3/c1-18(19-6-7-19)36-29(35)33-21-10-8-20(9-11-21)27-25(17-30)24-13-12-23(37-28-31-14-3-15-32-28)16-26(24)34(27)22-4-2-5-22/h3,8-16,18-19,22H,2,4-7H2,1H3,(H,33,35)/t18-/m1/s1. The molecule has 2 aliphatic rings. The molecule has 0 radical (unpaired) electrons. The summed E-state index contributed by atoms with van der Waals surface area (Å²) in [4.78, 5) is 20.6. The molecule has 0 spiro atoms. The lowest BCUT2D eigenvalue weighted by atomic mass is 9.92. The molecule has 186 valence electrons. The molecule has 1 atom stereocenters. The van der Waals surface area contributed by atoms with E-state index in [1.807, 2.05) is 49.4 Å². The van der Waals surface area contributed by atoms with Crippen molar-refractivity contribution in [1.29, 1.82) is 5.26 Å². The van der Waals surface area contributed by atoms with E-state index >= 15 is 0 Å². The van der Waals surface area contributed by atoms with Crippen molar-refractivity contribution in [3.8, 4) is 29.1 Å². The van der Waals surface area contributed by atoms with Gasteiger partial charge < -0.3 is 14.0 Å². The summed E-state index contributed by atoms with van der Waals surface area (Å²) in [5.74, 6) is 1.10. The van der Waals surface area contributed by atoms with E-state index in [4.69, 9.17) is 9.47 Å². The Morgan fingerprint density at radius 2 is 1.86 bits per heavy atom. The summed E-state index contributed by atoms with van der Waals surface area (Å²) in [6.45, 7) is 1.94. The molecule has 1 amide bonds. The van der Waals surface area contributed by atoms with Gasteiger partial charge in [-0.1, -0.05) is 12.1 Å². The van der Waals surface area contributed by atoms with Gasteiger partial charge >= 0.3 is 12.1 Å². The summed E-state index contributed by atoms with van der Waals surface area (Å²) in [6, 6.07) is 18.1. The second-order valence-corrected chi connectivity index (χ2v) is 9.75. The molecule has 6 rings (SSSR count). The third-order valence-electron chi connectivity index (χ3n) is 7.26. The van der Waals surface area contributed by atoms with Crippen LogP contribution in [-0.2, 0) is 4.74 Å². The first-order valence-corrected chi connectivity index (χ1v) is 12.7. The van der Waals surface area contributed by atoms with Gasteiger partial charge in [0.1, 0.15) is 17.9 Å². The maximum Gasteiger partial charge on any atom is 0.411 e. The summed E-state index contributed by atoms with van der Waals surface area (Å²) >= 11 is 0. The first-order chi connectivity index (χ1) is 18.1. The first-order valence-electron chi connectivity index (χ1n) is 12.7. The Morgan fingerprint density at radius 1 is 1.11 bits per heavy atom. The number of anilines is 1. The van der Waals surface area contributed by atoms with Gasteiger partial charge in [0.2, 0.25) is 0 Å². The van der Waals surface area contributed by atoms with Gasteiger partial charge in [0, 0.05) is 35.6 Å². The van der Waals surface area contributed by atoms with E-state index in [1.165, 1.54) is 0 Å². The predicted octanol–water partition coefficient (Wildman–Crippen LogP) is 6.83. The number of hydrogen-bond donors (Lipinski definition) is 1. The number of amides is 1. The largest absolute Gasteiger partial charge is 0.446 e. The zero-order valence-corrected chi connectivity index (χ0v) is 20.6. The van der Waals surface area contributed by atoms with Crippen molar-refractivity contribution in [3.63, 3.8) is 0 Å². The Kier molecular flexibility index (Phi) is 5.97. The highest BCUT2D eigenvalue weighted by molar-refractivity contribution is 5.96. The van der Waals surface area contributed by atoms with Crippen LogP contribution in [0.15, 0.2) is 60.9 Å². The molecular formula is C29H27N5O3. The number of nitriles is 1. The molecule has 8 heteroatoms. The van der Waals surface area contributed by atoms with Crippen LogP contribution in [0.4, 0.5) is 10.5 Å². The van der Waals surface area contributed by atoms with Crippen molar-refractivity contribution in [3.05, 3.63) is 66.5 Å². The predicted molar refractivity (Wildman–Crippen MR) is 139 cm³/mol. The molecule has 0 unspecified atom stereocenters. The first kappa shape index (κ1) is 23.0. The van der Waals surface area contributed by atoms with Crippen LogP contribution in [0.3, 0.4) is 0 Å². The molecule has 2 fully saturated rings. The molecule has 8 nitrogen and oxygen atoms in total. The number of nitrogens with zero attached hydrogens (tertiary/aromatic N) is 4. The molecular weight excluding hydrogens is 466 g/mol. The average Bonchev–Trinajstić information content (AvgIpc) is 3.68. The second kappa shape index (κ2) is 9.58. The maximum absolute atomic E-state index is 12.3. The number of carbonyl (C=O) groups excluding carboxylic acids is 1. The fourth-order valence-electron chi connectivity index (χ4n) is 4.91. The Hall–Kier alpha value is -4.38. The third kappa shape index (κ3) is 4.60. The number of ether oxygens (including phenoxy) is 2. The summed E-state index contributed by atoms with van der Waals surface area (Å²) in [7, 11) is 0. The summed E-state index contributed by atoms with van der Waals surface area (Å²) in [5, 5.41) is 13.9. The van der Waals surface area contributed by atoms with Crippen molar-refractivity contribution in [2.24, 2.45) is 5.92 Å². The molecule has 4 aromatic rings. The van der Waals surface area contributed by atoms with E-state index in [2.05, 4.69) is 25.9 Å². The van der Waals surface area contributed by atoms with Gasteiger partial charge in [-0.15, -0.1) is 0 Å². The van der Waals surface area contributed by atoms with Crippen LogP contribution < -0.4 is 10.1 Å². The minimum Gasteiger partial charge on any atom is -0.446 e. The highest BCUT2D eigenvalue weighted by Crippen LogP contribution is 2.43. The average molecular weight is 494 g/mol. The van der Waals surface area contributed by atoms with Gasteiger partial charge in [-0.2, -0.15) is 5.26 Å². The SMILES string of the molecule is C[C@@H](OC(=O)Nc1ccc(-c2c(C#N)c3ccc(Oc4ncccn4)cc3n2C2CCC2)cc1)C1CC1. The molecule has 37 heavy (non-hydrogen) atoms. The van der Waals surface area contributed by atoms with E-state index in [-0.39, 0.29) is 12.1 Å². The van der Waals surface area contributed by atoms with Gasteiger partial charge in [-0.05, 0) is 80.8 Å². The van der Waals surface area contributed by atoms with E-state index in [0.717, 1.165) is 54.3 Å². The molecule has 2 aromatic carbocycles. The molecule has 2 aliphatic carbocycles. The number of hydrogen-bond acceptors (Lipinski definition) is 6. The number of aromatic nitrogens is 3.